The highest BCUT2D eigenvalue weighted by atomic mass is 32.2. The number of benzene rings is 1. The van der Waals surface area contributed by atoms with E-state index in [1.54, 1.807) is 37.3 Å². The van der Waals surface area contributed by atoms with Crippen molar-refractivity contribution in [3.05, 3.63) is 65.9 Å². The van der Waals surface area contributed by atoms with Crippen molar-refractivity contribution in [2.45, 2.75) is 18.7 Å². The highest BCUT2D eigenvalue weighted by Crippen LogP contribution is 2.31. The maximum Gasteiger partial charge on any atom is 0.269 e. The summed E-state index contributed by atoms with van der Waals surface area (Å²) < 4.78 is 41.2. The molecule has 0 fully saturated rings. The van der Waals surface area contributed by atoms with Crippen molar-refractivity contribution in [1.29, 1.82) is 0 Å². The zero-order chi connectivity index (χ0) is 17.8. The highest BCUT2D eigenvalue weighted by molar-refractivity contribution is 7.90. The molecule has 5 nitrogen and oxygen atoms in total. The van der Waals surface area contributed by atoms with Crippen molar-refractivity contribution in [3.63, 3.8) is 0 Å². The molecule has 0 aliphatic rings. The first-order valence-electron chi connectivity index (χ1n) is 7.62. The fourth-order valence-electron chi connectivity index (χ4n) is 2.90. The zero-order valence-corrected chi connectivity index (χ0v) is 14.4. The predicted molar refractivity (Wildman–Crippen MR) is 93.5 cm³/mol. The Bertz CT molecular complexity index is 1170. The third-order valence-electron chi connectivity index (χ3n) is 4.11. The lowest BCUT2D eigenvalue weighted by Crippen LogP contribution is -2.13. The highest BCUT2D eigenvalue weighted by Gasteiger charge is 2.24. The molecular weight excluding hydrogens is 341 g/mol. The lowest BCUT2D eigenvalue weighted by molar-refractivity contribution is 0.589. The second-order valence-corrected chi connectivity index (χ2v) is 7.74. The molecule has 4 rings (SSSR count). The van der Waals surface area contributed by atoms with Crippen molar-refractivity contribution < 1.29 is 12.8 Å². The van der Waals surface area contributed by atoms with Crippen LogP contribution in [0.2, 0.25) is 0 Å². The second kappa shape index (κ2) is 5.35. The molecule has 4 aromatic rings. The minimum atomic E-state index is -3.90. The molecule has 0 bridgehead atoms. The Kier molecular flexibility index (Phi) is 3.36. The van der Waals surface area contributed by atoms with Gasteiger partial charge in [-0.05, 0) is 38.1 Å². The molecular formula is C18H14FN3O2S. The smallest absolute Gasteiger partial charge is 0.259 e. The van der Waals surface area contributed by atoms with Crippen LogP contribution in [0.5, 0.6) is 0 Å². The van der Waals surface area contributed by atoms with Gasteiger partial charge in [0.05, 0.1) is 22.8 Å². The summed E-state index contributed by atoms with van der Waals surface area (Å²) in [6, 6.07) is 9.60. The Hall–Kier alpha value is -2.80. The van der Waals surface area contributed by atoms with Crippen molar-refractivity contribution >= 4 is 32.0 Å². The van der Waals surface area contributed by atoms with Crippen LogP contribution in [0, 0.1) is 19.7 Å². The Morgan fingerprint density at radius 1 is 0.960 bits per heavy atom. The molecule has 0 aliphatic carbocycles. The predicted octanol–water partition coefficient (Wildman–Crippen LogP) is 3.58. The summed E-state index contributed by atoms with van der Waals surface area (Å²) in [5, 5.41) is 1.04. The van der Waals surface area contributed by atoms with Crippen LogP contribution in [-0.4, -0.2) is 22.4 Å². The second-order valence-electron chi connectivity index (χ2n) is 5.95. The summed E-state index contributed by atoms with van der Waals surface area (Å²) in [6.07, 6.45) is 2.50. The topological polar surface area (TPSA) is 64.8 Å². The van der Waals surface area contributed by atoms with Crippen LogP contribution < -0.4 is 0 Å². The molecule has 126 valence electrons. The molecule has 0 saturated heterocycles. The number of nitrogens with zero attached hydrogens (tertiary/aromatic N) is 3. The standard InChI is InChI=1S/C18H14FN3O2S/c1-11-3-5-14(6-4-11)25(23,24)22-17-10-20-12(2)7-15(17)16-8-13(19)9-21-18(16)22/h3-10H,1-2H3. The monoisotopic (exact) mass is 355 g/mol. The van der Waals surface area contributed by atoms with Crippen LogP contribution in [0.1, 0.15) is 11.3 Å². The molecule has 3 heterocycles. The third-order valence-corrected chi connectivity index (χ3v) is 5.83. The molecule has 25 heavy (non-hydrogen) atoms. The largest absolute Gasteiger partial charge is 0.269 e. The molecule has 3 aromatic heterocycles. The van der Waals surface area contributed by atoms with Gasteiger partial charge in [0, 0.05) is 16.5 Å². The minimum Gasteiger partial charge on any atom is -0.259 e. The summed E-state index contributed by atoms with van der Waals surface area (Å²) in [4.78, 5) is 8.38. The molecule has 1 aromatic carbocycles. The van der Waals surface area contributed by atoms with Crippen LogP contribution >= 0.6 is 0 Å². The van der Waals surface area contributed by atoms with E-state index in [0.717, 1.165) is 15.7 Å². The Morgan fingerprint density at radius 2 is 1.68 bits per heavy atom. The van der Waals surface area contributed by atoms with E-state index >= 15 is 0 Å². The quantitative estimate of drug-likeness (QED) is 0.551. The number of hydrogen-bond acceptors (Lipinski definition) is 4. The van der Waals surface area contributed by atoms with Crippen LogP contribution in [0.3, 0.4) is 0 Å². The first-order valence-corrected chi connectivity index (χ1v) is 9.06. The average Bonchev–Trinajstić information content (AvgIpc) is 2.89. The van der Waals surface area contributed by atoms with Crippen molar-refractivity contribution in [3.8, 4) is 0 Å². The van der Waals surface area contributed by atoms with Gasteiger partial charge in [0.1, 0.15) is 5.82 Å². The van der Waals surface area contributed by atoms with Crippen molar-refractivity contribution in [2.75, 3.05) is 0 Å². The van der Waals surface area contributed by atoms with E-state index in [1.807, 2.05) is 6.92 Å². The summed E-state index contributed by atoms with van der Waals surface area (Å²) in [6.45, 7) is 3.68. The fourth-order valence-corrected chi connectivity index (χ4v) is 4.36. The van der Waals surface area contributed by atoms with Gasteiger partial charge >= 0.3 is 0 Å². The first-order chi connectivity index (χ1) is 11.9. The van der Waals surface area contributed by atoms with Gasteiger partial charge in [-0.25, -0.2) is 21.8 Å². The van der Waals surface area contributed by atoms with Gasteiger partial charge in [0.15, 0.2) is 5.65 Å². The molecule has 0 radical (unpaired) electrons. The lowest BCUT2D eigenvalue weighted by Gasteiger charge is -2.09. The van der Waals surface area contributed by atoms with Crippen LogP contribution in [0.4, 0.5) is 4.39 Å². The van der Waals surface area contributed by atoms with Crippen LogP contribution in [0.15, 0.2) is 53.7 Å². The Balaban J connectivity index is 2.14. The molecule has 7 heteroatoms. The Labute approximate surface area is 143 Å². The van der Waals surface area contributed by atoms with E-state index in [0.29, 0.717) is 22.0 Å². The number of halogens is 1. The summed E-state index contributed by atoms with van der Waals surface area (Å²) in [7, 11) is -3.90. The third kappa shape index (κ3) is 2.39. The summed E-state index contributed by atoms with van der Waals surface area (Å²) >= 11 is 0. The van der Waals surface area contributed by atoms with Crippen LogP contribution in [0.25, 0.3) is 21.9 Å². The summed E-state index contributed by atoms with van der Waals surface area (Å²) in [5.74, 6) is -0.520. The Morgan fingerprint density at radius 3 is 2.40 bits per heavy atom. The molecule has 0 amide bonds. The van der Waals surface area contributed by atoms with Crippen LogP contribution in [-0.2, 0) is 10.0 Å². The molecule has 0 aliphatic heterocycles. The molecule has 0 unspecified atom stereocenters. The maximum atomic E-state index is 13.7. The van der Waals surface area contributed by atoms with Gasteiger partial charge in [0.2, 0.25) is 0 Å². The van der Waals surface area contributed by atoms with Gasteiger partial charge in [-0.2, -0.15) is 0 Å². The molecule has 0 saturated carbocycles. The number of rotatable bonds is 2. The van der Waals surface area contributed by atoms with E-state index < -0.39 is 15.8 Å². The first kappa shape index (κ1) is 15.7. The fraction of sp³-hybridized carbons (Fsp3) is 0.111. The number of hydrogen-bond donors (Lipinski definition) is 0. The van der Waals surface area contributed by atoms with Crippen molar-refractivity contribution in [2.24, 2.45) is 0 Å². The molecule has 0 N–H and O–H groups in total. The summed E-state index contributed by atoms with van der Waals surface area (Å²) in [5.41, 5.74) is 2.23. The van der Waals surface area contributed by atoms with E-state index in [9.17, 15) is 12.8 Å². The number of fused-ring (bicyclic) bond motifs is 3. The minimum absolute atomic E-state index is 0.142. The lowest BCUT2D eigenvalue weighted by atomic mass is 10.2. The average molecular weight is 355 g/mol. The van der Waals surface area contributed by atoms with Gasteiger partial charge in [-0.1, -0.05) is 17.7 Å². The van der Waals surface area contributed by atoms with Gasteiger partial charge in [-0.3, -0.25) is 4.98 Å². The molecule has 0 atom stereocenters. The van der Waals surface area contributed by atoms with Crippen molar-refractivity contribution in [1.82, 2.24) is 13.9 Å². The van der Waals surface area contributed by atoms with Gasteiger partial charge in [0.25, 0.3) is 10.0 Å². The van der Waals surface area contributed by atoms with E-state index in [4.69, 9.17) is 0 Å². The van der Waals surface area contributed by atoms with Gasteiger partial charge < -0.3 is 0 Å². The SMILES string of the molecule is Cc1ccc(S(=O)(=O)n2c3cnc(C)cc3c3cc(F)cnc32)cc1. The normalized spacial score (nSPS) is 12.1. The maximum absolute atomic E-state index is 13.7. The number of pyridine rings is 2. The van der Waals surface area contributed by atoms with E-state index in [1.165, 1.54) is 12.3 Å². The van der Waals surface area contributed by atoms with E-state index in [2.05, 4.69) is 9.97 Å². The van der Waals surface area contributed by atoms with Gasteiger partial charge in [-0.15, -0.1) is 0 Å². The number of aromatic nitrogens is 3. The van der Waals surface area contributed by atoms with E-state index in [-0.39, 0.29) is 10.5 Å². The zero-order valence-electron chi connectivity index (χ0n) is 13.6. The number of aryl methyl sites for hydroxylation is 2. The molecule has 0 spiro atoms.